The first-order chi connectivity index (χ1) is 13.6. The summed E-state index contributed by atoms with van der Waals surface area (Å²) in [6.45, 7) is 11.6. The van der Waals surface area contributed by atoms with Gasteiger partial charge in [0, 0.05) is 22.8 Å². The molecule has 0 bridgehead atoms. The van der Waals surface area contributed by atoms with Crippen LogP contribution in [0.1, 0.15) is 41.5 Å². The van der Waals surface area contributed by atoms with Crippen LogP contribution in [-0.4, -0.2) is 67.3 Å². The third-order valence-corrected chi connectivity index (χ3v) is 37.9. The fraction of sp³-hybridized carbons (Fsp3) is 1.00. The van der Waals surface area contributed by atoms with Gasteiger partial charge in [0.25, 0.3) is 0 Å². The summed E-state index contributed by atoms with van der Waals surface area (Å²) in [6, 6.07) is 0. The second-order valence-corrected chi connectivity index (χ2v) is 31.4. The summed E-state index contributed by atoms with van der Waals surface area (Å²) in [6.07, 6.45) is 4.18. The highest BCUT2D eigenvalue weighted by molar-refractivity contribution is 8.31. The average molecular weight is 558 g/mol. The Bertz CT molecular complexity index is 619. The van der Waals surface area contributed by atoms with Gasteiger partial charge in [0.15, 0.2) is 0 Å². The van der Waals surface area contributed by atoms with Crippen LogP contribution in [0, 0.1) is 0 Å². The van der Waals surface area contributed by atoms with Crippen LogP contribution in [0.2, 0.25) is 0 Å². The van der Waals surface area contributed by atoms with Gasteiger partial charge in [0.1, 0.15) is 0 Å². The molecule has 2 aliphatic heterocycles. The van der Waals surface area contributed by atoms with Gasteiger partial charge in [-0.05, 0) is 37.0 Å². The third kappa shape index (κ3) is 6.48. The molecule has 0 spiro atoms. The van der Waals surface area contributed by atoms with E-state index in [0.29, 0.717) is 12.3 Å². The summed E-state index contributed by atoms with van der Waals surface area (Å²) in [7, 11) is -12.7. The Morgan fingerprint density at radius 1 is 0.690 bits per heavy atom. The predicted molar refractivity (Wildman–Crippen MR) is 125 cm³/mol. The lowest BCUT2D eigenvalue weighted by atomic mass is 11.0. The van der Waals surface area contributed by atoms with Crippen molar-refractivity contribution in [2.24, 2.45) is 0 Å². The van der Waals surface area contributed by atoms with Crippen LogP contribution < -0.4 is 0 Å². The number of hydrogen-bond acceptors (Lipinski definition) is 9. The molecule has 2 heterocycles. The van der Waals surface area contributed by atoms with Gasteiger partial charge in [-0.15, -0.1) is 0 Å². The molecule has 0 aliphatic carbocycles. The average Bonchev–Trinajstić information content (AvgIpc) is 2.62. The molecule has 0 aromatic carbocycles. The van der Waals surface area contributed by atoms with Crippen LogP contribution in [0.5, 0.6) is 0 Å². The molecule has 2 aliphatic rings. The van der Waals surface area contributed by atoms with E-state index >= 15 is 0 Å². The molecule has 2 rings (SSSR count). The van der Waals surface area contributed by atoms with E-state index in [0.717, 1.165) is 24.6 Å². The lowest BCUT2D eigenvalue weighted by Gasteiger charge is -2.41. The van der Waals surface area contributed by atoms with E-state index < -0.39 is 75.0 Å². The van der Waals surface area contributed by atoms with Crippen molar-refractivity contribution >= 4 is 75.0 Å². The van der Waals surface area contributed by atoms with Crippen molar-refractivity contribution in [3.05, 3.63) is 0 Å². The largest absolute Gasteiger partial charge is 0.926 e. The molecular weight excluding hydrogens is 528 g/mol. The normalized spacial score (nSPS) is 21.0. The summed E-state index contributed by atoms with van der Waals surface area (Å²) in [5.74, 6) is 0. The van der Waals surface area contributed by atoms with E-state index in [1.54, 1.807) is 0 Å². The minimum atomic E-state index is -3.62. The maximum atomic E-state index is 13.6. The van der Waals surface area contributed by atoms with Crippen LogP contribution in [0.4, 0.5) is 0 Å². The van der Waals surface area contributed by atoms with Gasteiger partial charge < -0.3 is 21.5 Å². The lowest BCUT2D eigenvalue weighted by molar-refractivity contribution is 0.191. The van der Waals surface area contributed by atoms with Gasteiger partial charge in [-0.3, -0.25) is 13.7 Å². The van der Waals surface area contributed by atoms with Crippen LogP contribution in [-0.2, 0) is 35.1 Å². The highest BCUT2D eigenvalue weighted by atomic mass is 32.1. The lowest BCUT2D eigenvalue weighted by Crippen LogP contribution is -2.37. The molecule has 0 atom stereocenters. The zero-order valence-corrected chi connectivity index (χ0v) is 25.4. The van der Waals surface area contributed by atoms with Gasteiger partial charge in [-0.25, -0.2) is 0 Å². The fourth-order valence-corrected chi connectivity index (χ4v) is 35.1. The molecule has 168 valence electrons. The molecular formula is C12H30Al2O9P6. The standard InChI is InChI=1S/3C4H12O3P2.2Al/c3*1-3-8(4-2)9(5,6)7;;/h3*3-4H2,1-2H3,(H2,5,6,7);;/q;;;2*+3/p-6. The SMILES string of the molecule is CCP(CC)P1(=O)[O][Al]([O]P(=O)([O][Al]2[O]P(=O)(P(CC)CC)[O]2)P(CC)CC)[O]1. The molecule has 29 heavy (non-hydrogen) atoms. The topological polar surface area (TPSA) is 107 Å². The van der Waals surface area contributed by atoms with Gasteiger partial charge in [0.2, 0.25) is 0 Å². The maximum absolute atomic E-state index is 13.6. The second kappa shape index (κ2) is 12.0. The summed E-state index contributed by atoms with van der Waals surface area (Å²) in [5, 5.41) is 0. The minimum Gasteiger partial charge on any atom is -0.383 e. The highest BCUT2D eigenvalue weighted by Gasteiger charge is 2.65. The van der Waals surface area contributed by atoms with Crippen LogP contribution >= 0.6 is 44.7 Å². The summed E-state index contributed by atoms with van der Waals surface area (Å²) in [4.78, 5) is 0. The monoisotopic (exact) mass is 558 g/mol. The maximum Gasteiger partial charge on any atom is 0.926 e. The predicted octanol–water partition coefficient (Wildman–Crippen LogP) is 6.97. The van der Waals surface area contributed by atoms with E-state index in [2.05, 4.69) is 0 Å². The molecule has 0 aromatic rings. The third-order valence-electron chi connectivity index (χ3n) is 4.55. The van der Waals surface area contributed by atoms with Crippen molar-refractivity contribution in [3.63, 3.8) is 0 Å². The molecule has 0 unspecified atom stereocenters. The van der Waals surface area contributed by atoms with Crippen LogP contribution in [0.15, 0.2) is 0 Å². The Labute approximate surface area is 188 Å². The molecule has 0 N–H and O–H groups in total. The molecule has 2 saturated heterocycles. The van der Waals surface area contributed by atoms with Crippen molar-refractivity contribution in [1.82, 2.24) is 0 Å². The van der Waals surface area contributed by atoms with Crippen molar-refractivity contribution < 1.29 is 35.1 Å². The summed E-state index contributed by atoms with van der Waals surface area (Å²) in [5.41, 5.74) is 0. The zero-order valence-electron chi connectivity index (χ0n) is 17.8. The van der Waals surface area contributed by atoms with E-state index in [1.165, 1.54) is 0 Å². The summed E-state index contributed by atoms with van der Waals surface area (Å²) < 4.78 is 72.7. The van der Waals surface area contributed by atoms with Crippen molar-refractivity contribution in [2.45, 2.75) is 41.5 Å². The van der Waals surface area contributed by atoms with Crippen LogP contribution in [0.25, 0.3) is 0 Å². The van der Waals surface area contributed by atoms with E-state index in [-0.39, 0.29) is 0 Å². The second-order valence-electron chi connectivity index (χ2n) is 6.03. The van der Waals surface area contributed by atoms with Gasteiger partial charge in [-0.2, -0.15) is 0 Å². The van der Waals surface area contributed by atoms with E-state index in [1.807, 2.05) is 41.5 Å². The van der Waals surface area contributed by atoms with Crippen LogP contribution in [0.3, 0.4) is 0 Å². The first-order valence-electron chi connectivity index (χ1n) is 9.80. The minimum absolute atomic E-state index is 0.619. The molecule has 0 radical (unpaired) electrons. The Kier molecular flexibility index (Phi) is 11.6. The van der Waals surface area contributed by atoms with Crippen molar-refractivity contribution in [2.75, 3.05) is 37.0 Å². The van der Waals surface area contributed by atoms with E-state index in [9.17, 15) is 13.7 Å². The molecule has 2 fully saturated rings. The first-order valence-corrected chi connectivity index (χ1v) is 24.5. The van der Waals surface area contributed by atoms with Crippen molar-refractivity contribution in [1.29, 1.82) is 0 Å². The number of hydrogen-bond donors (Lipinski definition) is 0. The van der Waals surface area contributed by atoms with Gasteiger partial charge in [-0.1, -0.05) is 41.5 Å². The molecule has 0 aromatic heterocycles. The van der Waals surface area contributed by atoms with E-state index in [4.69, 9.17) is 21.5 Å². The summed E-state index contributed by atoms with van der Waals surface area (Å²) >= 11 is -5.60. The fourth-order valence-electron chi connectivity index (χ4n) is 2.88. The Balaban J connectivity index is 2.03. The molecule has 9 nitrogen and oxygen atoms in total. The van der Waals surface area contributed by atoms with Gasteiger partial charge in [0.05, 0.1) is 0 Å². The first kappa shape index (κ1) is 28.0. The highest BCUT2D eigenvalue weighted by Crippen LogP contribution is 2.86. The van der Waals surface area contributed by atoms with Gasteiger partial charge >= 0.3 is 52.2 Å². The molecule has 0 saturated carbocycles. The zero-order chi connectivity index (χ0) is 21.9. The van der Waals surface area contributed by atoms with Crippen molar-refractivity contribution in [3.8, 4) is 0 Å². The smallest absolute Gasteiger partial charge is 0.383 e. The quantitative estimate of drug-likeness (QED) is 0.175. The Morgan fingerprint density at radius 3 is 1.24 bits per heavy atom. The molecule has 0 amide bonds. The Hall–Kier alpha value is 2.80. The Morgan fingerprint density at radius 2 is 1.00 bits per heavy atom. The number of rotatable bonds is 13. The molecule has 17 heteroatoms.